The Labute approximate surface area is 198 Å². The summed E-state index contributed by atoms with van der Waals surface area (Å²) in [4.78, 5) is 14.8. The van der Waals surface area contributed by atoms with Crippen LogP contribution in [0.25, 0.3) is 5.69 Å². The molecule has 4 rings (SSSR count). The minimum absolute atomic E-state index is 0.0761. The smallest absolute Gasteiger partial charge is 0.228 e. The van der Waals surface area contributed by atoms with Gasteiger partial charge >= 0.3 is 0 Å². The van der Waals surface area contributed by atoms with Crippen LogP contribution >= 0.6 is 0 Å². The summed E-state index contributed by atoms with van der Waals surface area (Å²) in [5.74, 6) is -0.430. The summed E-state index contributed by atoms with van der Waals surface area (Å²) in [5, 5.41) is 4.75. The van der Waals surface area contributed by atoms with E-state index in [1.165, 1.54) is 6.07 Å². The third-order valence-corrected chi connectivity index (χ3v) is 5.85. The van der Waals surface area contributed by atoms with Crippen molar-refractivity contribution in [1.82, 2.24) is 14.7 Å². The zero-order chi connectivity index (χ0) is 24.2. The van der Waals surface area contributed by atoms with Crippen molar-refractivity contribution >= 4 is 5.91 Å². The Kier molecular flexibility index (Phi) is 7.14. The highest BCUT2D eigenvalue weighted by atomic mass is 19.1. The summed E-state index contributed by atoms with van der Waals surface area (Å²) < 4.78 is 40.9. The predicted molar refractivity (Wildman–Crippen MR) is 124 cm³/mol. The van der Waals surface area contributed by atoms with Gasteiger partial charge in [-0.2, -0.15) is 5.10 Å². The Bertz CT molecular complexity index is 1160. The maximum absolute atomic E-state index is 14.5. The minimum Gasteiger partial charge on any atom is -0.497 e. The average Bonchev–Trinajstić information content (AvgIpc) is 3.63. The molecule has 0 N–H and O–H groups in total. The second-order valence-corrected chi connectivity index (χ2v) is 8.40. The largest absolute Gasteiger partial charge is 0.497 e. The summed E-state index contributed by atoms with van der Waals surface area (Å²) in [6.45, 7) is 4.91. The van der Waals surface area contributed by atoms with Crippen molar-refractivity contribution in [2.75, 3.05) is 13.7 Å². The van der Waals surface area contributed by atoms with E-state index in [9.17, 15) is 13.6 Å². The van der Waals surface area contributed by atoms with Gasteiger partial charge in [0, 0.05) is 18.5 Å². The van der Waals surface area contributed by atoms with Crippen molar-refractivity contribution in [1.29, 1.82) is 0 Å². The van der Waals surface area contributed by atoms with E-state index in [-0.39, 0.29) is 17.6 Å². The number of amides is 1. The van der Waals surface area contributed by atoms with Crippen LogP contribution in [-0.2, 0) is 17.8 Å². The Morgan fingerprint density at radius 3 is 2.47 bits per heavy atom. The summed E-state index contributed by atoms with van der Waals surface area (Å²) in [6.07, 6.45) is 3.23. The molecule has 1 aliphatic rings. The molecule has 0 atom stereocenters. The fourth-order valence-corrected chi connectivity index (χ4v) is 3.90. The Balaban J connectivity index is 1.80. The molecule has 0 radical (unpaired) electrons. The number of halogens is 2. The standard InChI is InChI=1S/C26H29F2N3O3/c1-4-14-30(25(32)17-6-7-17)16-21-23(5-2)29-31(19-9-11-20(33-3)12-10-19)26(21)34-24-13-8-18(27)15-22(24)28/h8-13,15,17H,4-7,14,16H2,1-3H3. The third-order valence-electron chi connectivity index (χ3n) is 5.85. The number of nitrogens with zero attached hydrogens (tertiary/aromatic N) is 3. The first-order valence-electron chi connectivity index (χ1n) is 11.6. The minimum atomic E-state index is -0.814. The Morgan fingerprint density at radius 1 is 1.15 bits per heavy atom. The van der Waals surface area contributed by atoms with Gasteiger partial charge in [0.1, 0.15) is 11.6 Å². The van der Waals surface area contributed by atoms with Crippen LogP contribution in [0.5, 0.6) is 17.4 Å². The van der Waals surface area contributed by atoms with Gasteiger partial charge in [-0.25, -0.2) is 13.5 Å². The molecule has 0 aliphatic heterocycles. The first-order valence-corrected chi connectivity index (χ1v) is 11.6. The molecule has 1 aliphatic carbocycles. The van der Waals surface area contributed by atoms with Crippen LogP contribution in [0.4, 0.5) is 8.78 Å². The molecule has 0 spiro atoms. The fraction of sp³-hybridized carbons (Fsp3) is 0.385. The van der Waals surface area contributed by atoms with Gasteiger partial charge < -0.3 is 14.4 Å². The van der Waals surface area contributed by atoms with Gasteiger partial charge in [0.25, 0.3) is 0 Å². The summed E-state index contributed by atoms with van der Waals surface area (Å²) in [7, 11) is 1.58. The van der Waals surface area contributed by atoms with Crippen molar-refractivity contribution in [3.8, 4) is 23.1 Å². The molecule has 0 bridgehead atoms. The molecule has 6 nitrogen and oxygen atoms in total. The SMILES string of the molecule is CCCN(Cc1c(CC)nn(-c2ccc(OC)cc2)c1Oc1ccc(F)cc1F)C(=O)C1CC1. The molecule has 1 aromatic heterocycles. The number of aryl methyl sites for hydroxylation is 1. The Hall–Kier alpha value is -3.42. The fourth-order valence-electron chi connectivity index (χ4n) is 3.90. The maximum atomic E-state index is 14.5. The van der Waals surface area contributed by atoms with E-state index in [4.69, 9.17) is 14.6 Å². The molecular weight excluding hydrogens is 440 g/mol. The third kappa shape index (κ3) is 5.05. The van der Waals surface area contributed by atoms with E-state index in [0.29, 0.717) is 42.4 Å². The van der Waals surface area contributed by atoms with Crippen LogP contribution in [0.15, 0.2) is 42.5 Å². The highest BCUT2D eigenvalue weighted by molar-refractivity contribution is 5.81. The molecule has 1 heterocycles. The number of aromatic nitrogens is 2. The van der Waals surface area contributed by atoms with Gasteiger partial charge in [-0.1, -0.05) is 13.8 Å². The van der Waals surface area contributed by atoms with E-state index < -0.39 is 11.6 Å². The topological polar surface area (TPSA) is 56.6 Å². The van der Waals surface area contributed by atoms with Crippen molar-refractivity contribution < 1.29 is 23.0 Å². The molecule has 2 aromatic carbocycles. The number of carbonyl (C=O) groups excluding carboxylic acids is 1. The second kappa shape index (κ2) is 10.2. The molecule has 0 saturated heterocycles. The zero-order valence-corrected chi connectivity index (χ0v) is 19.7. The number of hydrogen-bond acceptors (Lipinski definition) is 4. The van der Waals surface area contributed by atoms with Crippen molar-refractivity contribution in [3.05, 3.63) is 65.4 Å². The van der Waals surface area contributed by atoms with Crippen LogP contribution < -0.4 is 9.47 Å². The zero-order valence-electron chi connectivity index (χ0n) is 19.7. The molecule has 1 amide bonds. The quantitative estimate of drug-likeness (QED) is 0.384. The van der Waals surface area contributed by atoms with E-state index >= 15 is 0 Å². The molecule has 34 heavy (non-hydrogen) atoms. The van der Waals surface area contributed by atoms with E-state index in [0.717, 1.165) is 37.1 Å². The van der Waals surface area contributed by atoms with Crippen molar-refractivity contribution in [2.24, 2.45) is 5.92 Å². The van der Waals surface area contributed by atoms with Crippen LogP contribution in [0, 0.1) is 17.6 Å². The lowest BCUT2D eigenvalue weighted by Gasteiger charge is -2.23. The monoisotopic (exact) mass is 469 g/mol. The number of hydrogen-bond donors (Lipinski definition) is 0. The number of carbonyl (C=O) groups is 1. The second-order valence-electron chi connectivity index (χ2n) is 8.40. The summed E-state index contributed by atoms with van der Waals surface area (Å²) in [5.41, 5.74) is 2.15. The molecular formula is C26H29F2N3O3. The molecule has 0 unspecified atom stereocenters. The lowest BCUT2D eigenvalue weighted by atomic mass is 10.1. The van der Waals surface area contributed by atoms with E-state index in [2.05, 4.69) is 0 Å². The number of methoxy groups -OCH3 is 1. The van der Waals surface area contributed by atoms with Crippen LogP contribution in [-0.4, -0.2) is 34.2 Å². The Morgan fingerprint density at radius 2 is 1.88 bits per heavy atom. The number of benzene rings is 2. The highest BCUT2D eigenvalue weighted by Crippen LogP contribution is 2.36. The molecule has 180 valence electrons. The lowest BCUT2D eigenvalue weighted by Crippen LogP contribution is -2.32. The van der Waals surface area contributed by atoms with Crippen LogP contribution in [0.2, 0.25) is 0 Å². The van der Waals surface area contributed by atoms with Gasteiger partial charge in [0.2, 0.25) is 11.8 Å². The molecule has 1 fully saturated rings. The van der Waals surface area contributed by atoms with Gasteiger partial charge in [-0.05, 0) is 62.1 Å². The van der Waals surface area contributed by atoms with E-state index in [1.807, 2.05) is 30.9 Å². The van der Waals surface area contributed by atoms with Gasteiger partial charge in [-0.3, -0.25) is 4.79 Å². The van der Waals surface area contributed by atoms with Crippen LogP contribution in [0.3, 0.4) is 0 Å². The predicted octanol–water partition coefficient (Wildman–Crippen LogP) is 5.66. The molecule has 3 aromatic rings. The lowest BCUT2D eigenvalue weighted by molar-refractivity contribution is -0.133. The number of ether oxygens (including phenoxy) is 2. The molecule has 1 saturated carbocycles. The average molecular weight is 470 g/mol. The molecule has 8 heteroatoms. The maximum Gasteiger partial charge on any atom is 0.228 e. The van der Waals surface area contributed by atoms with E-state index in [1.54, 1.807) is 23.9 Å². The van der Waals surface area contributed by atoms with Gasteiger partial charge in [0.05, 0.1) is 30.6 Å². The van der Waals surface area contributed by atoms with Gasteiger partial charge in [-0.15, -0.1) is 0 Å². The van der Waals surface area contributed by atoms with Crippen LogP contribution in [0.1, 0.15) is 44.4 Å². The number of rotatable bonds is 10. The van der Waals surface area contributed by atoms with Crippen molar-refractivity contribution in [3.63, 3.8) is 0 Å². The summed E-state index contributed by atoms with van der Waals surface area (Å²) in [6, 6.07) is 10.4. The first kappa shape index (κ1) is 23.7. The first-order chi connectivity index (χ1) is 16.4. The van der Waals surface area contributed by atoms with Crippen molar-refractivity contribution in [2.45, 2.75) is 46.1 Å². The highest BCUT2D eigenvalue weighted by Gasteiger charge is 2.34. The van der Waals surface area contributed by atoms with Gasteiger partial charge in [0.15, 0.2) is 11.6 Å². The normalized spacial score (nSPS) is 13.1. The summed E-state index contributed by atoms with van der Waals surface area (Å²) >= 11 is 0.